The first-order valence-corrected chi connectivity index (χ1v) is 11.1. The summed E-state index contributed by atoms with van der Waals surface area (Å²) in [5.41, 5.74) is 5.72. The van der Waals surface area contributed by atoms with Gasteiger partial charge in [-0.25, -0.2) is 0 Å². The highest BCUT2D eigenvalue weighted by Crippen LogP contribution is 2.68. The Morgan fingerprint density at radius 3 is 2.90 bits per heavy atom. The van der Waals surface area contributed by atoms with E-state index in [4.69, 9.17) is 4.74 Å². The number of likely N-dealkylation sites (tertiary alicyclic amines) is 1. The van der Waals surface area contributed by atoms with Gasteiger partial charge in [-0.3, -0.25) is 4.90 Å². The van der Waals surface area contributed by atoms with Gasteiger partial charge in [0.2, 0.25) is 0 Å². The van der Waals surface area contributed by atoms with Crippen molar-refractivity contribution in [2.75, 3.05) is 13.1 Å². The van der Waals surface area contributed by atoms with Gasteiger partial charge in [-0.2, -0.15) is 0 Å². The van der Waals surface area contributed by atoms with Crippen molar-refractivity contribution in [1.29, 1.82) is 0 Å². The molecule has 1 aromatic heterocycles. The van der Waals surface area contributed by atoms with Crippen molar-refractivity contribution in [1.82, 2.24) is 9.88 Å². The van der Waals surface area contributed by atoms with Crippen LogP contribution in [0.2, 0.25) is 0 Å². The fourth-order valence-corrected chi connectivity index (χ4v) is 7.19. The van der Waals surface area contributed by atoms with E-state index in [2.05, 4.69) is 29.8 Å². The van der Waals surface area contributed by atoms with Gasteiger partial charge in [0, 0.05) is 30.3 Å². The number of piperidine rings is 1. The molecule has 1 aromatic carbocycles. The molecule has 3 aliphatic carbocycles. The van der Waals surface area contributed by atoms with E-state index in [1.807, 2.05) is 0 Å². The van der Waals surface area contributed by atoms with Crippen LogP contribution in [0.4, 0.5) is 0 Å². The normalized spacial score (nSPS) is 36.5. The minimum Gasteiger partial charge on any atom is -0.504 e. The first-order valence-electron chi connectivity index (χ1n) is 11.1. The molecule has 0 unspecified atom stereocenters. The number of H-pyrrole nitrogens is 1. The summed E-state index contributed by atoms with van der Waals surface area (Å²) in [6.45, 7) is 6.35. The van der Waals surface area contributed by atoms with E-state index >= 15 is 0 Å². The topological polar surface area (TPSA) is 68.7 Å². The van der Waals surface area contributed by atoms with E-state index in [0.717, 1.165) is 48.8 Å². The summed E-state index contributed by atoms with van der Waals surface area (Å²) in [7, 11) is 0. The van der Waals surface area contributed by atoms with Crippen molar-refractivity contribution in [3.8, 4) is 11.5 Å². The van der Waals surface area contributed by atoms with E-state index < -0.39 is 11.0 Å². The van der Waals surface area contributed by atoms with Crippen LogP contribution in [0.3, 0.4) is 0 Å². The third-order valence-corrected chi connectivity index (χ3v) is 8.88. The molecular formula is C24H28N2O3. The Labute approximate surface area is 170 Å². The third-order valence-electron chi connectivity index (χ3n) is 8.88. The molecule has 7 rings (SSSR count). The highest BCUT2D eigenvalue weighted by molar-refractivity contribution is 5.65. The zero-order chi connectivity index (χ0) is 19.7. The van der Waals surface area contributed by atoms with E-state index in [9.17, 15) is 10.2 Å². The van der Waals surface area contributed by atoms with Gasteiger partial charge < -0.3 is 19.9 Å². The second-order valence-electron chi connectivity index (χ2n) is 10.2. The quantitative estimate of drug-likeness (QED) is 0.735. The summed E-state index contributed by atoms with van der Waals surface area (Å²) in [5.74, 6) is 1.61. The molecule has 29 heavy (non-hydrogen) atoms. The number of phenols is 1. The average molecular weight is 392 g/mol. The van der Waals surface area contributed by atoms with Gasteiger partial charge in [0.05, 0.1) is 16.7 Å². The second kappa shape index (κ2) is 5.01. The first kappa shape index (κ1) is 16.8. The molecule has 2 aromatic rings. The van der Waals surface area contributed by atoms with Crippen LogP contribution < -0.4 is 4.74 Å². The number of rotatable bonds is 2. The summed E-state index contributed by atoms with van der Waals surface area (Å²) in [6.07, 6.45) is 4.77. The standard InChI is InChI=1S/C24H28N2O3/c1-12-13(2)25-20-16(12)10-24(28)18-9-15-5-6-17(27)21-19(15)23(24,22(20)29-21)7-8-26(18)11-14-3-4-14/h5-6,14,18,22,25,27-28H,3-4,7-11H2,1-2H3/t18-,22+,23+,24-/m1/s1. The summed E-state index contributed by atoms with van der Waals surface area (Å²) in [5, 5.41) is 23.2. The number of ether oxygens (including phenoxy) is 1. The predicted octanol–water partition coefficient (Wildman–Crippen LogP) is 3.04. The van der Waals surface area contributed by atoms with Gasteiger partial charge in [-0.1, -0.05) is 6.07 Å². The van der Waals surface area contributed by atoms with E-state index in [0.29, 0.717) is 12.2 Å². The third kappa shape index (κ3) is 1.77. The minimum atomic E-state index is -0.872. The molecule has 1 saturated heterocycles. The molecule has 2 aliphatic heterocycles. The Morgan fingerprint density at radius 1 is 1.28 bits per heavy atom. The number of aromatic nitrogens is 1. The highest BCUT2D eigenvalue weighted by Gasteiger charge is 2.72. The fourth-order valence-electron chi connectivity index (χ4n) is 7.19. The van der Waals surface area contributed by atoms with Crippen LogP contribution in [0.5, 0.6) is 11.5 Å². The maximum atomic E-state index is 12.6. The van der Waals surface area contributed by atoms with Crippen LogP contribution >= 0.6 is 0 Å². The summed E-state index contributed by atoms with van der Waals surface area (Å²) < 4.78 is 6.54. The van der Waals surface area contributed by atoms with Gasteiger partial charge in [0.1, 0.15) is 0 Å². The number of hydrogen-bond donors (Lipinski definition) is 3. The van der Waals surface area contributed by atoms with Crippen LogP contribution in [0, 0.1) is 19.8 Å². The smallest absolute Gasteiger partial charge is 0.166 e. The minimum absolute atomic E-state index is 0.105. The van der Waals surface area contributed by atoms with E-state index in [-0.39, 0.29) is 17.9 Å². The Morgan fingerprint density at radius 2 is 2.10 bits per heavy atom. The lowest BCUT2D eigenvalue weighted by atomic mass is 9.49. The van der Waals surface area contributed by atoms with Gasteiger partial charge >= 0.3 is 0 Å². The average Bonchev–Trinajstić information content (AvgIpc) is 3.37. The Balaban J connectivity index is 1.51. The number of nitrogens with zero attached hydrogens (tertiary/aromatic N) is 1. The molecular weight excluding hydrogens is 364 g/mol. The van der Waals surface area contributed by atoms with Gasteiger partial charge in [0.25, 0.3) is 0 Å². The van der Waals surface area contributed by atoms with E-state index in [1.165, 1.54) is 29.5 Å². The number of nitrogens with one attached hydrogen (secondary N) is 1. The predicted molar refractivity (Wildman–Crippen MR) is 108 cm³/mol. The van der Waals surface area contributed by atoms with Gasteiger partial charge in [-0.15, -0.1) is 0 Å². The van der Waals surface area contributed by atoms with Crippen molar-refractivity contribution in [3.63, 3.8) is 0 Å². The van der Waals surface area contributed by atoms with Crippen molar-refractivity contribution in [3.05, 3.63) is 45.8 Å². The Hall–Kier alpha value is -1.98. The Kier molecular flexibility index (Phi) is 2.90. The van der Waals surface area contributed by atoms with Crippen molar-refractivity contribution < 1.29 is 14.9 Å². The number of aryl methyl sites for hydroxylation is 1. The molecule has 5 aliphatic rings. The lowest BCUT2D eigenvalue weighted by molar-refractivity contribution is -0.173. The number of benzene rings is 1. The summed E-state index contributed by atoms with van der Waals surface area (Å²) in [4.78, 5) is 6.17. The van der Waals surface area contributed by atoms with Crippen LogP contribution in [-0.2, 0) is 18.3 Å². The molecule has 5 nitrogen and oxygen atoms in total. The number of aliphatic hydroxyl groups is 1. The van der Waals surface area contributed by atoms with Crippen molar-refractivity contribution in [2.24, 2.45) is 5.92 Å². The lowest BCUT2D eigenvalue weighted by Crippen LogP contribution is -2.74. The van der Waals surface area contributed by atoms with E-state index in [1.54, 1.807) is 6.07 Å². The molecule has 2 fully saturated rings. The molecule has 2 bridgehead atoms. The zero-order valence-corrected chi connectivity index (χ0v) is 17.1. The van der Waals surface area contributed by atoms with Gasteiger partial charge in [0.15, 0.2) is 17.6 Å². The maximum Gasteiger partial charge on any atom is 0.166 e. The Bertz CT molecular complexity index is 1070. The monoisotopic (exact) mass is 392 g/mol. The zero-order valence-electron chi connectivity index (χ0n) is 17.1. The number of aromatic amines is 1. The largest absolute Gasteiger partial charge is 0.504 e. The molecule has 1 saturated carbocycles. The molecule has 1 spiro atoms. The summed E-state index contributed by atoms with van der Waals surface area (Å²) >= 11 is 0. The van der Waals surface area contributed by atoms with Gasteiger partial charge in [-0.05, 0) is 74.8 Å². The van der Waals surface area contributed by atoms with Crippen LogP contribution in [0.15, 0.2) is 12.1 Å². The number of hydrogen-bond acceptors (Lipinski definition) is 4. The number of aromatic hydroxyl groups is 1. The van der Waals surface area contributed by atoms with Crippen molar-refractivity contribution >= 4 is 0 Å². The maximum absolute atomic E-state index is 12.6. The highest BCUT2D eigenvalue weighted by atomic mass is 16.5. The van der Waals surface area contributed by atoms with Crippen LogP contribution in [0.25, 0.3) is 0 Å². The number of phenolic OH excluding ortho intramolecular Hbond substituents is 1. The fraction of sp³-hybridized carbons (Fsp3) is 0.583. The second-order valence-corrected chi connectivity index (χ2v) is 10.2. The van der Waals surface area contributed by atoms with Crippen molar-refractivity contribution in [2.45, 2.75) is 69.1 Å². The summed E-state index contributed by atoms with van der Waals surface area (Å²) in [6, 6.07) is 3.95. The molecule has 5 heteroatoms. The molecule has 152 valence electrons. The molecule has 0 radical (unpaired) electrons. The van der Waals surface area contributed by atoms with Crippen LogP contribution in [0.1, 0.15) is 59.0 Å². The molecule has 3 heterocycles. The molecule has 0 amide bonds. The SMILES string of the molecule is Cc1[nH]c2c(c1C)C[C@@]1(O)[C@H]3Cc4ccc(O)c5c4[C@@]1(CCN3CC1CC1)[C@H]2O5. The van der Waals surface area contributed by atoms with Crippen LogP contribution in [-0.4, -0.2) is 44.8 Å². The number of fused-ring (bicyclic) bond motifs is 2. The molecule has 3 N–H and O–H groups in total. The first-order chi connectivity index (χ1) is 13.9. The lowest BCUT2D eigenvalue weighted by Gasteiger charge is -2.62. The molecule has 4 atom stereocenters.